The molecule has 1 aliphatic carbocycles. The Morgan fingerprint density at radius 3 is 2.63 bits per heavy atom. The van der Waals surface area contributed by atoms with Crippen LogP contribution in [0.4, 0.5) is 0 Å². The van der Waals surface area contributed by atoms with Gasteiger partial charge in [-0.05, 0) is 38.2 Å². The van der Waals surface area contributed by atoms with E-state index in [2.05, 4.69) is 44.3 Å². The first-order valence-corrected chi connectivity index (χ1v) is 7.42. The number of methoxy groups -OCH3 is 1. The van der Waals surface area contributed by atoms with Gasteiger partial charge in [0.1, 0.15) is 5.75 Å². The van der Waals surface area contributed by atoms with E-state index in [0.29, 0.717) is 11.5 Å². The Morgan fingerprint density at radius 1 is 1.32 bits per heavy atom. The molecule has 0 heterocycles. The predicted molar refractivity (Wildman–Crippen MR) is 80.7 cm³/mol. The molecule has 2 nitrogen and oxygen atoms in total. The van der Waals surface area contributed by atoms with Gasteiger partial charge >= 0.3 is 0 Å². The van der Waals surface area contributed by atoms with Gasteiger partial charge in [-0.3, -0.25) is 0 Å². The summed E-state index contributed by atoms with van der Waals surface area (Å²) in [7, 11) is 1.75. The third-order valence-electron chi connectivity index (χ3n) is 4.50. The quantitative estimate of drug-likeness (QED) is 0.856. The Bertz CT molecular complexity index is 421. The molecule has 0 aromatic heterocycles. The molecule has 1 aromatic carbocycles. The first-order chi connectivity index (χ1) is 9.04. The molecule has 1 atom stereocenters. The van der Waals surface area contributed by atoms with Gasteiger partial charge in [0.05, 0.1) is 7.11 Å². The molecule has 0 radical (unpaired) electrons. The highest BCUT2D eigenvalue weighted by atomic mass is 16.5. The molecule has 0 bridgehead atoms. The molecular weight excluding hydrogens is 234 g/mol. The number of aryl methyl sites for hydroxylation is 1. The second-order valence-electron chi connectivity index (χ2n) is 6.37. The highest BCUT2D eigenvalue weighted by Crippen LogP contribution is 2.37. The van der Waals surface area contributed by atoms with E-state index in [1.54, 1.807) is 7.11 Å². The normalized spacial score (nSPS) is 19.4. The largest absolute Gasteiger partial charge is 0.496 e. The van der Waals surface area contributed by atoms with Crippen molar-refractivity contribution in [3.63, 3.8) is 0 Å². The van der Waals surface area contributed by atoms with E-state index in [0.717, 1.165) is 12.3 Å². The van der Waals surface area contributed by atoms with Crippen molar-refractivity contribution in [3.8, 4) is 5.75 Å². The van der Waals surface area contributed by atoms with Gasteiger partial charge in [-0.25, -0.2) is 0 Å². The van der Waals surface area contributed by atoms with Crippen molar-refractivity contribution in [2.24, 2.45) is 5.41 Å². The van der Waals surface area contributed by atoms with Gasteiger partial charge in [-0.15, -0.1) is 0 Å². The van der Waals surface area contributed by atoms with E-state index < -0.39 is 0 Å². The lowest BCUT2D eigenvalue weighted by atomic mass is 9.88. The highest BCUT2D eigenvalue weighted by molar-refractivity contribution is 5.38. The average Bonchev–Trinajstić information content (AvgIpc) is 2.83. The van der Waals surface area contributed by atoms with Gasteiger partial charge in [-0.1, -0.05) is 37.5 Å². The van der Waals surface area contributed by atoms with Gasteiger partial charge in [0.25, 0.3) is 0 Å². The van der Waals surface area contributed by atoms with Crippen LogP contribution in [0, 0.1) is 12.3 Å². The van der Waals surface area contributed by atoms with Crippen LogP contribution >= 0.6 is 0 Å². The lowest BCUT2D eigenvalue weighted by molar-refractivity contribution is 0.299. The summed E-state index contributed by atoms with van der Waals surface area (Å²) in [5.74, 6) is 0.988. The summed E-state index contributed by atoms with van der Waals surface area (Å²) in [5.41, 5.74) is 3.05. The zero-order chi connectivity index (χ0) is 13.9. The fourth-order valence-electron chi connectivity index (χ4n) is 3.11. The summed E-state index contributed by atoms with van der Waals surface area (Å²) in [6.45, 7) is 7.88. The van der Waals surface area contributed by atoms with Crippen LogP contribution in [0.25, 0.3) is 0 Å². The molecule has 1 aromatic rings. The Hall–Kier alpha value is -1.02. The van der Waals surface area contributed by atoms with Crippen LogP contribution in [0.15, 0.2) is 18.2 Å². The molecule has 1 N–H and O–H groups in total. The van der Waals surface area contributed by atoms with Gasteiger partial charge in [0, 0.05) is 18.2 Å². The van der Waals surface area contributed by atoms with E-state index in [9.17, 15) is 0 Å². The number of hydrogen-bond donors (Lipinski definition) is 1. The third-order valence-corrected chi connectivity index (χ3v) is 4.50. The molecule has 2 rings (SSSR count). The maximum absolute atomic E-state index is 5.48. The van der Waals surface area contributed by atoms with Crippen molar-refractivity contribution in [2.75, 3.05) is 13.7 Å². The number of rotatable bonds is 5. The number of ether oxygens (including phenoxy) is 1. The van der Waals surface area contributed by atoms with Crippen molar-refractivity contribution in [1.29, 1.82) is 0 Å². The zero-order valence-electron chi connectivity index (χ0n) is 12.8. The fourth-order valence-corrected chi connectivity index (χ4v) is 3.11. The molecule has 106 valence electrons. The Kier molecular flexibility index (Phi) is 4.51. The van der Waals surface area contributed by atoms with E-state index in [1.165, 1.54) is 36.8 Å². The molecular formula is C17H27NO. The van der Waals surface area contributed by atoms with E-state index in [1.807, 2.05) is 0 Å². The topological polar surface area (TPSA) is 21.3 Å². The fraction of sp³-hybridized carbons (Fsp3) is 0.647. The van der Waals surface area contributed by atoms with E-state index >= 15 is 0 Å². The standard InChI is InChI=1S/C17H27NO/c1-13-7-8-16(19-4)15(11-13)14(2)18-12-17(3)9-5-6-10-17/h7-8,11,14,18H,5-6,9-10,12H2,1-4H3. The Morgan fingerprint density at radius 2 is 2.00 bits per heavy atom. The van der Waals surface area contributed by atoms with Gasteiger partial charge in [0.2, 0.25) is 0 Å². The second-order valence-corrected chi connectivity index (χ2v) is 6.37. The average molecular weight is 261 g/mol. The van der Waals surface area contributed by atoms with Gasteiger partial charge in [-0.2, -0.15) is 0 Å². The summed E-state index contributed by atoms with van der Waals surface area (Å²) in [5, 5.41) is 3.70. The molecule has 0 amide bonds. The van der Waals surface area contributed by atoms with Crippen LogP contribution in [0.3, 0.4) is 0 Å². The van der Waals surface area contributed by atoms with Crippen LogP contribution in [0.2, 0.25) is 0 Å². The first kappa shape index (κ1) is 14.4. The molecule has 0 saturated heterocycles. The van der Waals surface area contributed by atoms with Crippen molar-refractivity contribution >= 4 is 0 Å². The molecule has 0 spiro atoms. The number of hydrogen-bond acceptors (Lipinski definition) is 2. The van der Waals surface area contributed by atoms with Crippen LogP contribution in [0.1, 0.15) is 56.7 Å². The molecule has 1 fully saturated rings. The molecule has 1 aliphatic rings. The van der Waals surface area contributed by atoms with Crippen molar-refractivity contribution in [3.05, 3.63) is 29.3 Å². The smallest absolute Gasteiger partial charge is 0.123 e. The SMILES string of the molecule is COc1ccc(C)cc1C(C)NCC1(C)CCCC1. The molecule has 1 saturated carbocycles. The van der Waals surface area contributed by atoms with Gasteiger partial charge < -0.3 is 10.1 Å². The number of nitrogens with one attached hydrogen (secondary N) is 1. The third kappa shape index (κ3) is 3.50. The monoisotopic (exact) mass is 261 g/mol. The van der Waals surface area contributed by atoms with Crippen LogP contribution in [0.5, 0.6) is 5.75 Å². The van der Waals surface area contributed by atoms with E-state index in [4.69, 9.17) is 4.74 Å². The van der Waals surface area contributed by atoms with Crippen molar-refractivity contribution in [2.45, 2.75) is 52.5 Å². The summed E-state index contributed by atoms with van der Waals surface area (Å²) in [6.07, 6.45) is 5.50. The lowest BCUT2D eigenvalue weighted by Crippen LogP contribution is -2.31. The van der Waals surface area contributed by atoms with Crippen molar-refractivity contribution in [1.82, 2.24) is 5.32 Å². The predicted octanol–water partition coefficient (Wildman–Crippen LogP) is 4.23. The molecule has 2 heteroatoms. The molecule has 1 unspecified atom stereocenters. The second kappa shape index (κ2) is 5.96. The minimum Gasteiger partial charge on any atom is -0.496 e. The summed E-state index contributed by atoms with van der Waals surface area (Å²) in [6, 6.07) is 6.74. The highest BCUT2D eigenvalue weighted by Gasteiger charge is 2.28. The Balaban J connectivity index is 2.03. The lowest BCUT2D eigenvalue weighted by Gasteiger charge is -2.27. The summed E-state index contributed by atoms with van der Waals surface area (Å²) in [4.78, 5) is 0. The molecule has 0 aliphatic heterocycles. The molecule has 19 heavy (non-hydrogen) atoms. The van der Waals surface area contributed by atoms with Crippen LogP contribution in [-0.4, -0.2) is 13.7 Å². The zero-order valence-corrected chi connectivity index (χ0v) is 12.8. The minimum absolute atomic E-state index is 0.340. The van der Waals surface area contributed by atoms with E-state index in [-0.39, 0.29) is 0 Å². The van der Waals surface area contributed by atoms with Crippen LogP contribution in [-0.2, 0) is 0 Å². The first-order valence-electron chi connectivity index (χ1n) is 7.42. The summed E-state index contributed by atoms with van der Waals surface area (Å²) < 4.78 is 5.48. The van der Waals surface area contributed by atoms with Gasteiger partial charge in [0.15, 0.2) is 0 Å². The van der Waals surface area contributed by atoms with Crippen LogP contribution < -0.4 is 10.1 Å². The maximum atomic E-state index is 5.48. The summed E-state index contributed by atoms with van der Waals surface area (Å²) >= 11 is 0. The van der Waals surface area contributed by atoms with Crippen molar-refractivity contribution < 1.29 is 4.74 Å². The number of benzene rings is 1. The minimum atomic E-state index is 0.340. The maximum Gasteiger partial charge on any atom is 0.123 e. The Labute approximate surface area is 117 Å².